The van der Waals surface area contributed by atoms with Crippen LogP contribution < -0.4 is 20.7 Å². The van der Waals surface area contributed by atoms with Gasteiger partial charge in [-0.15, -0.1) is 0 Å². The van der Waals surface area contributed by atoms with Crippen molar-refractivity contribution < 1.29 is 9.47 Å². The topological polar surface area (TPSA) is 138 Å². The average Bonchev–Trinajstić information content (AvgIpc) is 3.56. The lowest BCUT2D eigenvalue weighted by molar-refractivity contribution is 0.175. The number of nitrogens with two attached hydrogens (primary N) is 1. The molecule has 1 aromatic carbocycles. The van der Waals surface area contributed by atoms with Crippen LogP contribution in [-0.2, 0) is 4.74 Å². The number of anilines is 1. The number of halogens is 2. The SMILES string of the molecule is CC1(N[C@@H]2CCOC2)CN(c2ncc(-c3n[nH]c4ccc(O[C@H](N)c5c(Cl)cncc5Cl)cc34)cc2C#N)C1. The first-order valence-electron chi connectivity index (χ1n) is 12.5. The van der Waals surface area contributed by atoms with Gasteiger partial charge in [-0.2, -0.15) is 10.4 Å². The van der Waals surface area contributed by atoms with Gasteiger partial charge in [0.2, 0.25) is 0 Å². The third-order valence-corrected chi connectivity index (χ3v) is 7.70. The van der Waals surface area contributed by atoms with Crippen molar-refractivity contribution in [2.75, 3.05) is 31.2 Å². The van der Waals surface area contributed by atoms with Crippen molar-refractivity contribution in [1.82, 2.24) is 25.5 Å². The van der Waals surface area contributed by atoms with Gasteiger partial charge in [0, 0.05) is 60.8 Å². The van der Waals surface area contributed by atoms with Crippen molar-refractivity contribution in [3.05, 3.63) is 64.0 Å². The number of benzene rings is 1. The second kappa shape index (κ2) is 10.3. The zero-order chi connectivity index (χ0) is 27.1. The van der Waals surface area contributed by atoms with Gasteiger partial charge in [-0.3, -0.25) is 15.8 Å². The van der Waals surface area contributed by atoms with E-state index in [-0.39, 0.29) is 5.54 Å². The molecule has 0 bridgehead atoms. The smallest absolute Gasteiger partial charge is 0.177 e. The first-order chi connectivity index (χ1) is 18.8. The van der Waals surface area contributed by atoms with Gasteiger partial charge in [0.1, 0.15) is 23.3 Å². The summed E-state index contributed by atoms with van der Waals surface area (Å²) in [5, 5.41) is 22.6. The Morgan fingerprint density at radius 2 is 2.05 bits per heavy atom. The van der Waals surface area contributed by atoms with E-state index in [1.807, 2.05) is 18.2 Å². The van der Waals surface area contributed by atoms with Crippen molar-refractivity contribution in [2.24, 2.45) is 5.73 Å². The molecule has 4 aromatic rings. The monoisotopic (exact) mass is 564 g/mol. The molecule has 2 aliphatic rings. The highest BCUT2D eigenvalue weighted by Crippen LogP contribution is 2.35. The van der Waals surface area contributed by atoms with Crippen molar-refractivity contribution >= 4 is 39.9 Å². The van der Waals surface area contributed by atoms with Crippen LogP contribution in [0.2, 0.25) is 10.0 Å². The van der Waals surface area contributed by atoms with Crippen LogP contribution in [0.15, 0.2) is 42.9 Å². The highest BCUT2D eigenvalue weighted by Gasteiger charge is 2.42. The third kappa shape index (κ3) is 5.00. The molecule has 12 heteroatoms. The number of ether oxygens (including phenoxy) is 2. The molecule has 2 atom stereocenters. The molecule has 0 radical (unpaired) electrons. The lowest BCUT2D eigenvalue weighted by Gasteiger charge is -2.50. The van der Waals surface area contributed by atoms with E-state index in [0.717, 1.165) is 43.6 Å². The molecule has 10 nitrogen and oxygen atoms in total. The Kier molecular flexibility index (Phi) is 6.79. The Hall–Kier alpha value is -3.46. The summed E-state index contributed by atoms with van der Waals surface area (Å²) in [6.45, 7) is 5.27. The van der Waals surface area contributed by atoms with E-state index in [9.17, 15) is 5.26 Å². The predicted octanol–water partition coefficient (Wildman–Crippen LogP) is 4.19. The van der Waals surface area contributed by atoms with Crippen molar-refractivity contribution in [2.45, 2.75) is 31.2 Å². The molecule has 2 saturated heterocycles. The Bertz CT molecular complexity index is 1550. The molecule has 3 aromatic heterocycles. The molecule has 0 saturated carbocycles. The van der Waals surface area contributed by atoms with Gasteiger partial charge in [0.05, 0.1) is 33.3 Å². The van der Waals surface area contributed by atoms with Gasteiger partial charge in [-0.1, -0.05) is 23.2 Å². The predicted molar refractivity (Wildman–Crippen MR) is 149 cm³/mol. The van der Waals surface area contributed by atoms with E-state index in [0.29, 0.717) is 50.0 Å². The highest BCUT2D eigenvalue weighted by molar-refractivity contribution is 6.35. The van der Waals surface area contributed by atoms with Gasteiger partial charge < -0.3 is 19.7 Å². The fourth-order valence-electron chi connectivity index (χ4n) is 5.28. The third-order valence-electron chi connectivity index (χ3n) is 7.09. The van der Waals surface area contributed by atoms with Crippen LogP contribution in [0, 0.1) is 11.3 Å². The Morgan fingerprint density at radius 1 is 1.26 bits per heavy atom. The molecular weight excluding hydrogens is 539 g/mol. The van der Waals surface area contributed by atoms with Gasteiger partial charge in [0.25, 0.3) is 0 Å². The molecular formula is C27H26Cl2N8O2. The molecule has 2 fully saturated rings. The second-order valence-electron chi connectivity index (χ2n) is 10.2. The van der Waals surface area contributed by atoms with E-state index in [1.54, 1.807) is 12.3 Å². The number of fused-ring (bicyclic) bond motifs is 1. The number of pyridine rings is 2. The summed E-state index contributed by atoms with van der Waals surface area (Å²) in [5.74, 6) is 1.18. The van der Waals surface area contributed by atoms with E-state index >= 15 is 0 Å². The molecule has 0 unspecified atom stereocenters. The number of H-pyrrole nitrogens is 1. The van der Waals surface area contributed by atoms with Gasteiger partial charge in [0.15, 0.2) is 6.23 Å². The maximum absolute atomic E-state index is 9.94. The summed E-state index contributed by atoms with van der Waals surface area (Å²) >= 11 is 12.5. The number of nitrogens with one attached hydrogen (secondary N) is 2. The Balaban J connectivity index is 1.23. The Labute approximate surface area is 235 Å². The molecule has 39 heavy (non-hydrogen) atoms. The number of nitrogens with zero attached hydrogens (tertiary/aromatic N) is 5. The normalized spacial score (nSPS) is 19.1. The quantitative estimate of drug-likeness (QED) is 0.282. The standard InChI is InChI=1S/C27H26Cl2N8O2/c1-27(34-17-4-5-38-12-17)13-37(14-27)26-15(8-30)6-16(9-33-26)24-19-7-18(2-3-22(19)35-36-24)39-25(31)23-20(28)10-32-11-21(23)29/h2-3,6-7,9-11,17,25,34H,4-5,12-14,31H2,1H3,(H,35,36)/t17-,25+/m1/s1. The minimum atomic E-state index is -0.898. The molecule has 200 valence electrons. The number of aromatic amines is 1. The summed E-state index contributed by atoms with van der Waals surface area (Å²) in [4.78, 5) is 10.7. The summed E-state index contributed by atoms with van der Waals surface area (Å²) < 4.78 is 11.5. The fourth-order valence-corrected chi connectivity index (χ4v) is 5.86. The molecule has 5 heterocycles. The Morgan fingerprint density at radius 3 is 2.77 bits per heavy atom. The van der Waals surface area contributed by atoms with Crippen molar-refractivity contribution in [3.8, 4) is 23.1 Å². The maximum atomic E-state index is 9.94. The van der Waals surface area contributed by atoms with Crippen LogP contribution in [0.3, 0.4) is 0 Å². The molecule has 4 N–H and O–H groups in total. The second-order valence-corrected chi connectivity index (χ2v) is 11.0. The molecule has 6 rings (SSSR count). The number of rotatable bonds is 7. The number of hydrogen-bond donors (Lipinski definition) is 3. The summed E-state index contributed by atoms with van der Waals surface area (Å²) in [7, 11) is 0. The summed E-state index contributed by atoms with van der Waals surface area (Å²) in [5.41, 5.74) is 9.33. The van der Waals surface area contributed by atoms with Gasteiger partial charge in [-0.05, 0) is 37.6 Å². The lowest BCUT2D eigenvalue weighted by atomic mass is 9.90. The average molecular weight is 565 g/mol. The molecule has 2 aliphatic heterocycles. The first kappa shape index (κ1) is 25.8. The van der Waals surface area contributed by atoms with Gasteiger partial charge >= 0.3 is 0 Å². The minimum Gasteiger partial charge on any atom is -0.471 e. The van der Waals surface area contributed by atoms with E-state index in [1.165, 1.54) is 12.4 Å². The first-order valence-corrected chi connectivity index (χ1v) is 13.3. The lowest BCUT2D eigenvalue weighted by Crippen LogP contribution is -2.69. The number of aromatic nitrogens is 4. The van der Waals surface area contributed by atoms with Crippen LogP contribution in [0.1, 0.15) is 30.7 Å². The van der Waals surface area contributed by atoms with Crippen LogP contribution in [0.5, 0.6) is 5.75 Å². The maximum Gasteiger partial charge on any atom is 0.177 e. The minimum absolute atomic E-state index is 0.0359. The van der Waals surface area contributed by atoms with Crippen LogP contribution in [-0.4, -0.2) is 58.0 Å². The molecule has 0 aliphatic carbocycles. The molecule has 0 amide bonds. The van der Waals surface area contributed by atoms with Gasteiger partial charge in [-0.25, -0.2) is 4.98 Å². The van der Waals surface area contributed by atoms with Crippen LogP contribution in [0.4, 0.5) is 5.82 Å². The number of nitriles is 1. The van der Waals surface area contributed by atoms with E-state index < -0.39 is 6.23 Å². The van der Waals surface area contributed by atoms with Crippen molar-refractivity contribution in [1.29, 1.82) is 5.26 Å². The summed E-state index contributed by atoms with van der Waals surface area (Å²) in [6.07, 6.45) is 4.80. The molecule has 0 spiro atoms. The summed E-state index contributed by atoms with van der Waals surface area (Å²) in [6, 6.07) is 9.96. The zero-order valence-electron chi connectivity index (χ0n) is 21.1. The van der Waals surface area contributed by atoms with E-state index in [4.69, 9.17) is 38.4 Å². The zero-order valence-corrected chi connectivity index (χ0v) is 22.6. The largest absolute Gasteiger partial charge is 0.471 e. The van der Waals surface area contributed by atoms with Crippen molar-refractivity contribution in [3.63, 3.8) is 0 Å². The van der Waals surface area contributed by atoms with E-state index in [2.05, 4.69) is 43.4 Å². The highest BCUT2D eigenvalue weighted by atomic mass is 35.5. The fraction of sp³-hybridized carbons (Fsp3) is 0.333. The van der Waals surface area contributed by atoms with Crippen LogP contribution >= 0.6 is 23.2 Å². The van der Waals surface area contributed by atoms with Crippen LogP contribution in [0.25, 0.3) is 22.2 Å². The number of hydrogen-bond acceptors (Lipinski definition) is 9.